The molecule has 0 aliphatic heterocycles. The Morgan fingerprint density at radius 1 is 1.57 bits per heavy atom. The van der Waals surface area contributed by atoms with Gasteiger partial charge in [-0.3, -0.25) is 4.79 Å². The monoisotopic (exact) mass is 194 g/mol. The van der Waals surface area contributed by atoms with E-state index in [1.807, 2.05) is 0 Å². The number of hydrogen-bond acceptors (Lipinski definition) is 1. The van der Waals surface area contributed by atoms with Crippen molar-refractivity contribution in [2.45, 2.75) is 47.0 Å². The lowest BCUT2D eigenvalue weighted by molar-refractivity contribution is -0.118. The first kappa shape index (κ1) is 11.5. The lowest BCUT2D eigenvalue weighted by Crippen LogP contribution is -2.23. The van der Waals surface area contributed by atoms with E-state index in [-0.39, 0.29) is 5.41 Å². The molecular formula is C13H22O. The van der Waals surface area contributed by atoms with Crippen LogP contribution in [0.4, 0.5) is 0 Å². The van der Waals surface area contributed by atoms with Crippen molar-refractivity contribution in [1.29, 1.82) is 0 Å². The van der Waals surface area contributed by atoms with Crippen molar-refractivity contribution >= 4 is 5.78 Å². The highest BCUT2D eigenvalue weighted by Gasteiger charge is 2.28. The maximum atomic E-state index is 11.1. The SMILES string of the molecule is CC(=O)CC1(C)C=CC(C(C)C)CC1. The highest BCUT2D eigenvalue weighted by molar-refractivity contribution is 5.76. The summed E-state index contributed by atoms with van der Waals surface area (Å²) in [5.74, 6) is 1.75. The minimum atomic E-state index is 0.136. The Balaban J connectivity index is 2.62. The zero-order valence-corrected chi connectivity index (χ0v) is 9.84. The molecule has 1 aliphatic rings. The van der Waals surface area contributed by atoms with Crippen molar-refractivity contribution < 1.29 is 4.79 Å². The lowest BCUT2D eigenvalue weighted by Gasteiger charge is -2.33. The van der Waals surface area contributed by atoms with E-state index in [4.69, 9.17) is 0 Å². The van der Waals surface area contributed by atoms with Crippen molar-refractivity contribution in [3.8, 4) is 0 Å². The van der Waals surface area contributed by atoms with Crippen LogP contribution in [0.1, 0.15) is 47.0 Å². The minimum absolute atomic E-state index is 0.136. The molecule has 0 amide bonds. The molecule has 0 saturated heterocycles. The van der Waals surface area contributed by atoms with Gasteiger partial charge in [0.1, 0.15) is 5.78 Å². The van der Waals surface area contributed by atoms with Crippen LogP contribution in [0.2, 0.25) is 0 Å². The minimum Gasteiger partial charge on any atom is -0.300 e. The Labute approximate surface area is 87.6 Å². The lowest BCUT2D eigenvalue weighted by atomic mass is 9.72. The fourth-order valence-electron chi connectivity index (χ4n) is 2.30. The molecule has 1 rings (SSSR count). The number of ketones is 1. The van der Waals surface area contributed by atoms with Gasteiger partial charge in [0.05, 0.1) is 0 Å². The van der Waals surface area contributed by atoms with E-state index < -0.39 is 0 Å². The summed E-state index contributed by atoms with van der Waals surface area (Å²) >= 11 is 0. The van der Waals surface area contributed by atoms with E-state index in [9.17, 15) is 4.79 Å². The van der Waals surface area contributed by atoms with Gasteiger partial charge in [0.2, 0.25) is 0 Å². The van der Waals surface area contributed by atoms with Crippen LogP contribution in [0.3, 0.4) is 0 Å². The predicted molar refractivity (Wildman–Crippen MR) is 60.1 cm³/mol. The smallest absolute Gasteiger partial charge is 0.130 e. The summed E-state index contributed by atoms with van der Waals surface area (Å²) in [6, 6.07) is 0. The third-order valence-corrected chi connectivity index (χ3v) is 3.30. The molecule has 2 atom stereocenters. The van der Waals surface area contributed by atoms with Gasteiger partial charge in [-0.2, -0.15) is 0 Å². The van der Waals surface area contributed by atoms with Crippen LogP contribution in [0, 0.1) is 17.3 Å². The Morgan fingerprint density at radius 3 is 2.57 bits per heavy atom. The number of rotatable bonds is 3. The molecule has 1 aliphatic carbocycles. The van der Waals surface area contributed by atoms with E-state index in [2.05, 4.69) is 32.9 Å². The summed E-state index contributed by atoms with van der Waals surface area (Å²) in [6.07, 6.45) is 7.68. The topological polar surface area (TPSA) is 17.1 Å². The number of carbonyl (C=O) groups excluding carboxylic acids is 1. The highest BCUT2D eigenvalue weighted by atomic mass is 16.1. The summed E-state index contributed by atoms with van der Waals surface area (Å²) in [7, 11) is 0. The van der Waals surface area contributed by atoms with Gasteiger partial charge in [-0.25, -0.2) is 0 Å². The summed E-state index contributed by atoms with van der Waals surface area (Å²) in [5.41, 5.74) is 0.136. The zero-order valence-electron chi connectivity index (χ0n) is 9.84. The number of carbonyl (C=O) groups is 1. The molecule has 0 spiro atoms. The average molecular weight is 194 g/mol. The molecule has 1 heteroatoms. The van der Waals surface area contributed by atoms with Gasteiger partial charge in [-0.1, -0.05) is 32.9 Å². The Hall–Kier alpha value is -0.590. The van der Waals surface area contributed by atoms with Crippen molar-refractivity contribution in [1.82, 2.24) is 0 Å². The molecule has 2 unspecified atom stereocenters. The van der Waals surface area contributed by atoms with E-state index in [0.717, 1.165) is 18.3 Å². The van der Waals surface area contributed by atoms with Crippen LogP contribution in [0.25, 0.3) is 0 Å². The first-order valence-electron chi connectivity index (χ1n) is 5.62. The Kier molecular flexibility index (Phi) is 3.52. The van der Waals surface area contributed by atoms with Crippen LogP contribution in [-0.4, -0.2) is 5.78 Å². The first-order valence-corrected chi connectivity index (χ1v) is 5.62. The molecule has 80 valence electrons. The normalized spacial score (nSPS) is 32.2. The second-order valence-corrected chi connectivity index (χ2v) is 5.34. The highest BCUT2D eigenvalue weighted by Crippen LogP contribution is 2.38. The second-order valence-electron chi connectivity index (χ2n) is 5.34. The van der Waals surface area contributed by atoms with Crippen molar-refractivity contribution in [2.24, 2.45) is 17.3 Å². The molecule has 0 aromatic heterocycles. The van der Waals surface area contributed by atoms with Gasteiger partial charge in [0, 0.05) is 6.42 Å². The van der Waals surface area contributed by atoms with Crippen LogP contribution in [0.5, 0.6) is 0 Å². The summed E-state index contributed by atoms with van der Waals surface area (Å²) in [5, 5.41) is 0. The van der Waals surface area contributed by atoms with E-state index in [0.29, 0.717) is 12.2 Å². The molecule has 0 fully saturated rings. The van der Waals surface area contributed by atoms with Gasteiger partial charge < -0.3 is 0 Å². The van der Waals surface area contributed by atoms with Gasteiger partial charge in [-0.05, 0) is 37.0 Å². The molecule has 0 saturated carbocycles. The molecule has 0 aromatic carbocycles. The van der Waals surface area contributed by atoms with Gasteiger partial charge >= 0.3 is 0 Å². The molecule has 0 radical (unpaired) electrons. The number of Topliss-reactive ketones (excluding diaryl/α,β-unsaturated/α-hetero) is 1. The van der Waals surface area contributed by atoms with Gasteiger partial charge in [0.25, 0.3) is 0 Å². The van der Waals surface area contributed by atoms with Crippen LogP contribution in [-0.2, 0) is 4.79 Å². The van der Waals surface area contributed by atoms with E-state index >= 15 is 0 Å². The molecular weight excluding hydrogens is 172 g/mol. The van der Waals surface area contributed by atoms with Crippen LogP contribution >= 0.6 is 0 Å². The predicted octanol–water partition coefficient (Wildman–Crippen LogP) is 3.59. The molecule has 0 bridgehead atoms. The fourth-order valence-corrected chi connectivity index (χ4v) is 2.30. The third-order valence-electron chi connectivity index (χ3n) is 3.30. The van der Waals surface area contributed by atoms with Gasteiger partial charge in [0.15, 0.2) is 0 Å². The van der Waals surface area contributed by atoms with Crippen LogP contribution < -0.4 is 0 Å². The quantitative estimate of drug-likeness (QED) is 0.627. The Bertz CT molecular complexity index is 240. The Morgan fingerprint density at radius 2 is 2.21 bits per heavy atom. The van der Waals surface area contributed by atoms with Crippen molar-refractivity contribution in [3.05, 3.63) is 12.2 Å². The van der Waals surface area contributed by atoms with E-state index in [1.54, 1.807) is 6.92 Å². The largest absolute Gasteiger partial charge is 0.300 e. The summed E-state index contributed by atoms with van der Waals surface area (Å²) < 4.78 is 0. The van der Waals surface area contributed by atoms with E-state index in [1.165, 1.54) is 6.42 Å². The van der Waals surface area contributed by atoms with Crippen molar-refractivity contribution in [3.63, 3.8) is 0 Å². The van der Waals surface area contributed by atoms with Crippen LogP contribution in [0.15, 0.2) is 12.2 Å². The second kappa shape index (κ2) is 4.29. The van der Waals surface area contributed by atoms with Crippen molar-refractivity contribution in [2.75, 3.05) is 0 Å². The number of hydrogen-bond donors (Lipinski definition) is 0. The fraction of sp³-hybridized carbons (Fsp3) is 0.769. The molecule has 0 N–H and O–H groups in total. The standard InChI is InChI=1S/C13H22O/c1-10(2)12-5-7-13(4,8-6-12)9-11(3)14/h5,7,10,12H,6,8-9H2,1-4H3. The average Bonchev–Trinajstić information content (AvgIpc) is 2.02. The molecule has 1 nitrogen and oxygen atoms in total. The zero-order chi connectivity index (χ0) is 10.8. The summed E-state index contributed by atoms with van der Waals surface area (Å²) in [4.78, 5) is 11.1. The first-order chi connectivity index (χ1) is 6.43. The maximum absolute atomic E-state index is 11.1. The molecule has 0 heterocycles. The third kappa shape index (κ3) is 2.97. The maximum Gasteiger partial charge on any atom is 0.130 e. The summed E-state index contributed by atoms with van der Waals surface area (Å²) in [6.45, 7) is 8.42. The van der Waals surface area contributed by atoms with Gasteiger partial charge in [-0.15, -0.1) is 0 Å². The molecule has 14 heavy (non-hydrogen) atoms. The molecule has 0 aromatic rings. The number of allylic oxidation sites excluding steroid dienone is 2.